The molecule has 0 aliphatic rings. The summed E-state index contributed by atoms with van der Waals surface area (Å²) in [4.78, 5) is 12.7. The SMILES string of the molecule is O=C=Nc1cc[c]cc1C(F)(F)F. The number of benzene rings is 1. The third kappa shape index (κ3) is 2.16. The fraction of sp³-hybridized carbons (Fsp3) is 0.125. The molecule has 1 aromatic carbocycles. The second-order valence-electron chi connectivity index (χ2n) is 2.14. The Morgan fingerprint density at radius 3 is 2.69 bits per heavy atom. The molecule has 1 rings (SSSR count). The van der Waals surface area contributed by atoms with E-state index >= 15 is 0 Å². The topological polar surface area (TPSA) is 29.4 Å². The van der Waals surface area contributed by atoms with Crippen LogP contribution in [0.1, 0.15) is 5.56 Å². The van der Waals surface area contributed by atoms with Gasteiger partial charge in [-0.2, -0.15) is 18.2 Å². The Hall–Kier alpha value is -1.61. The van der Waals surface area contributed by atoms with Crippen molar-refractivity contribution in [3.63, 3.8) is 0 Å². The van der Waals surface area contributed by atoms with Crippen molar-refractivity contribution in [2.45, 2.75) is 6.18 Å². The Kier molecular flexibility index (Phi) is 2.49. The number of carbonyl (C=O) groups excluding carboxylic acids is 1. The highest BCUT2D eigenvalue weighted by atomic mass is 19.4. The van der Waals surface area contributed by atoms with Crippen LogP contribution in [0.3, 0.4) is 0 Å². The van der Waals surface area contributed by atoms with Crippen molar-refractivity contribution in [1.29, 1.82) is 0 Å². The molecule has 5 heteroatoms. The van der Waals surface area contributed by atoms with Crippen LogP contribution in [0.25, 0.3) is 0 Å². The summed E-state index contributed by atoms with van der Waals surface area (Å²) in [7, 11) is 0. The second-order valence-corrected chi connectivity index (χ2v) is 2.14. The van der Waals surface area contributed by atoms with Crippen molar-refractivity contribution in [2.75, 3.05) is 0 Å². The summed E-state index contributed by atoms with van der Waals surface area (Å²) in [6.07, 6.45) is -3.46. The first-order valence-electron chi connectivity index (χ1n) is 3.21. The Morgan fingerprint density at radius 1 is 1.46 bits per heavy atom. The third-order valence-electron chi connectivity index (χ3n) is 1.31. The van der Waals surface area contributed by atoms with Crippen molar-refractivity contribution in [1.82, 2.24) is 0 Å². The Bertz CT molecular complexity index is 353. The van der Waals surface area contributed by atoms with E-state index in [0.717, 1.165) is 18.2 Å². The van der Waals surface area contributed by atoms with Gasteiger partial charge in [-0.3, -0.25) is 0 Å². The van der Waals surface area contributed by atoms with E-state index in [1.165, 1.54) is 6.07 Å². The maximum Gasteiger partial charge on any atom is 0.418 e. The number of hydrogen-bond acceptors (Lipinski definition) is 2. The standard InChI is InChI=1S/C8H3F3NO/c9-8(10,11)6-3-1-2-4-7(6)12-5-13/h2-4H. The van der Waals surface area contributed by atoms with E-state index in [1.807, 2.05) is 0 Å². The molecule has 1 radical (unpaired) electrons. The summed E-state index contributed by atoms with van der Waals surface area (Å²) in [6, 6.07) is 5.28. The van der Waals surface area contributed by atoms with Gasteiger partial charge in [0.1, 0.15) is 0 Å². The molecule has 0 heterocycles. The van der Waals surface area contributed by atoms with Crippen molar-refractivity contribution in [3.8, 4) is 0 Å². The lowest BCUT2D eigenvalue weighted by Crippen LogP contribution is -2.04. The molecular weight excluding hydrogens is 183 g/mol. The quantitative estimate of drug-likeness (QED) is 0.489. The summed E-state index contributed by atoms with van der Waals surface area (Å²) in [5, 5.41) is 0. The molecule has 2 nitrogen and oxygen atoms in total. The van der Waals surface area contributed by atoms with Crippen molar-refractivity contribution in [2.24, 2.45) is 4.99 Å². The smallest absolute Gasteiger partial charge is 0.211 e. The second kappa shape index (κ2) is 3.41. The van der Waals surface area contributed by atoms with Crippen LogP contribution in [-0.4, -0.2) is 6.08 Å². The van der Waals surface area contributed by atoms with Crippen molar-refractivity contribution in [3.05, 3.63) is 29.8 Å². The van der Waals surface area contributed by atoms with E-state index in [4.69, 9.17) is 0 Å². The average molecular weight is 186 g/mol. The first-order valence-corrected chi connectivity index (χ1v) is 3.21. The van der Waals surface area contributed by atoms with E-state index in [2.05, 4.69) is 11.1 Å². The lowest BCUT2D eigenvalue weighted by atomic mass is 10.2. The minimum Gasteiger partial charge on any atom is -0.211 e. The number of hydrogen-bond donors (Lipinski definition) is 0. The first kappa shape index (κ1) is 9.48. The maximum absolute atomic E-state index is 12.2. The number of halogens is 3. The van der Waals surface area contributed by atoms with Gasteiger partial charge in [-0.15, -0.1) is 0 Å². The van der Waals surface area contributed by atoms with Crippen LogP contribution >= 0.6 is 0 Å². The van der Waals surface area contributed by atoms with E-state index in [1.54, 1.807) is 0 Å². The van der Waals surface area contributed by atoms with Crippen LogP contribution in [0.4, 0.5) is 18.9 Å². The predicted molar refractivity (Wildman–Crippen MR) is 38.1 cm³/mol. The van der Waals surface area contributed by atoms with Crippen LogP contribution in [-0.2, 0) is 11.0 Å². The molecule has 0 amide bonds. The summed E-state index contributed by atoms with van der Waals surface area (Å²) in [5.41, 5.74) is -1.43. The summed E-state index contributed by atoms with van der Waals surface area (Å²) in [5.74, 6) is 0. The molecule has 0 spiro atoms. The molecule has 0 fully saturated rings. The molecule has 13 heavy (non-hydrogen) atoms. The monoisotopic (exact) mass is 186 g/mol. The molecule has 0 atom stereocenters. The molecule has 0 aliphatic carbocycles. The number of isocyanates is 1. The van der Waals surface area contributed by atoms with Crippen LogP contribution in [0.15, 0.2) is 23.2 Å². The molecule has 0 saturated heterocycles. The van der Waals surface area contributed by atoms with Crippen molar-refractivity contribution >= 4 is 11.8 Å². The minimum absolute atomic E-state index is 0.443. The number of rotatable bonds is 1. The Labute approximate surface area is 71.7 Å². The van der Waals surface area contributed by atoms with Crippen molar-refractivity contribution < 1.29 is 18.0 Å². The van der Waals surface area contributed by atoms with Crippen LogP contribution < -0.4 is 0 Å². The zero-order valence-electron chi connectivity index (χ0n) is 6.22. The summed E-state index contributed by atoms with van der Waals surface area (Å²) < 4.78 is 36.5. The van der Waals surface area contributed by atoms with E-state index in [9.17, 15) is 18.0 Å². The number of aliphatic imine (C=N–C) groups is 1. The predicted octanol–water partition coefficient (Wildman–Crippen LogP) is 2.47. The van der Waals surface area contributed by atoms with Gasteiger partial charge < -0.3 is 0 Å². The van der Waals surface area contributed by atoms with Gasteiger partial charge in [0.2, 0.25) is 6.08 Å². The molecule has 0 N–H and O–H groups in total. The Balaban J connectivity index is 3.27. The van der Waals surface area contributed by atoms with Gasteiger partial charge >= 0.3 is 6.18 Å². The van der Waals surface area contributed by atoms with Crippen LogP contribution in [0.2, 0.25) is 0 Å². The van der Waals surface area contributed by atoms with Crippen LogP contribution in [0.5, 0.6) is 0 Å². The molecular formula is C8H3F3NO. The maximum atomic E-state index is 12.2. The number of nitrogens with zero attached hydrogens (tertiary/aromatic N) is 1. The van der Waals surface area contributed by atoms with Crippen LogP contribution in [0, 0.1) is 6.07 Å². The molecule has 0 saturated carbocycles. The van der Waals surface area contributed by atoms with Gasteiger partial charge in [-0.1, -0.05) is 6.07 Å². The zero-order chi connectivity index (χ0) is 9.90. The zero-order valence-corrected chi connectivity index (χ0v) is 6.22. The number of alkyl halides is 3. The van der Waals surface area contributed by atoms with Gasteiger partial charge in [0, 0.05) is 0 Å². The highest BCUT2D eigenvalue weighted by Gasteiger charge is 2.33. The van der Waals surface area contributed by atoms with Gasteiger partial charge in [-0.25, -0.2) is 4.79 Å². The highest BCUT2D eigenvalue weighted by Crippen LogP contribution is 2.35. The normalized spacial score (nSPS) is 10.7. The summed E-state index contributed by atoms with van der Waals surface area (Å²) in [6.45, 7) is 0. The van der Waals surface area contributed by atoms with Gasteiger partial charge in [0.15, 0.2) is 0 Å². The fourth-order valence-corrected chi connectivity index (χ4v) is 0.796. The molecule has 67 valence electrons. The van der Waals surface area contributed by atoms with E-state index in [0.29, 0.717) is 0 Å². The molecule has 0 aromatic heterocycles. The minimum atomic E-state index is -4.52. The molecule has 0 unspecified atom stereocenters. The lowest BCUT2D eigenvalue weighted by Gasteiger charge is -2.07. The van der Waals surface area contributed by atoms with Gasteiger partial charge in [0.25, 0.3) is 0 Å². The fourth-order valence-electron chi connectivity index (χ4n) is 0.796. The lowest BCUT2D eigenvalue weighted by molar-refractivity contribution is -0.137. The Morgan fingerprint density at radius 2 is 2.15 bits per heavy atom. The molecule has 0 bridgehead atoms. The van der Waals surface area contributed by atoms with Gasteiger partial charge in [0.05, 0.1) is 11.3 Å². The first-order chi connectivity index (χ1) is 6.05. The molecule has 1 aromatic rings. The van der Waals surface area contributed by atoms with E-state index < -0.39 is 17.4 Å². The van der Waals surface area contributed by atoms with E-state index in [-0.39, 0.29) is 0 Å². The third-order valence-corrected chi connectivity index (χ3v) is 1.31. The molecule has 0 aliphatic heterocycles. The van der Waals surface area contributed by atoms with Gasteiger partial charge in [-0.05, 0) is 18.2 Å². The highest BCUT2D eigenvalue weighted by molar-refractivity contribution is 5.54. The summed E-state index contributed by atoms with van der Waals surface area (Å²) >= 11 is 0. The largest absolute Gasteiger partial charge is 0.418 e. The average Bonchev–Trinajstić information content (AvgIpc) is 2.04.